The summed E-state index contributed by atoms with van der Waals surface area (Å²) >= 11 is 6.45. The van der Waals surface area contributed by atoms with E-state index in [1.165, 1.54) is 11.0 Å². The number of nitrogens with zero attached hydrogens (tertiary/aromatic N) is 5. The number of ketones is 1. The molecule has 0 radical (unpaired) electrons. The molecule has 2 aliphatic heterocycles. The second kappa shape index (κ2) is 8.25. The van der Waals surface area contributed by atoms with Gasteiger partial charge < -0.3 is 15.4 Å². The van der Waals surface area contributed by atoms with Crippen molar-refractivity contribution in [2.75, 3.05) is 13.2 Å². The zero-order chi connectivity index (χ0) is 22.4. The number of carbonyl (C=O) groups is 3. The van der Waals surface area contributed by atoms with Gasteiger partial charge in [0.05, 0.1) is 17.0 Å². The number of primary amides is 1. The summed E-state index contributed by atoms with van der Waals surface area (Å²) in [7, 11) is 0. The van der Waals surface area contributed by atoms with Crippen LogP contribution in [0, 0.1) is 5.92 Å². The SMILES string of the molecule is NC(=O)c1cccc(-n2cnnn2)c1[C@@H](C(=O)N1C[C@H](Cl)[C@H]2OCC(=O)[C@H]21)C1CCCC1. The molecule has 4 atom stereocenters. The number of carbonyl (C=O) groups excluding carboxylic acids is 3. The fraction of sp³-hybridized carbons (Fsp3) is 0.524. The van der Waals surface area contributed by atoms with Gasteiger partial charge in [-0.25, -0.2) is 4.68 Å². The summed E-state index contributed by atoms with van der Waals surface area (Å²) in [5.74, 6) is -1.72. The lowest BCUT2D eigenvalue weighted by Crippen LogP contribution is -2.45. The Morgan fingerprint density at radius 1 is 1.25 bits per heavy atom. The number of amides is 2. The lowest BCUT2D eigenvalue weighted by molar-refractivity contribution is -0.138. The van der Waals surface area contributed by atoms with E-state index in [2.05, 4.69) is 15.5 Å². The predicted octanol–water partition coefficient (Wildman–Crippen LogP) is 0.821. The predicted molar refractivity (Wildman–Crippen MR) is 112 cm³/mol. The van der Waals surface area contributed by atoms with Gasteiger partial charge in [-0.05, 0) is 41.3 Å². The summed E-state index contributed by atoms with van der Waals surface area (Å²) in [6, 6.07) is 4.35. The molecular formula is C21H23ClN6O4. The van der Waals surface area contributed by atoms with Crippen LogP contribution in [0.3, 0.4) is 0 Å². The van der Waals surface area contributed by atoms with E-state index in [0.29, 0.717) is 11.3 Å². The van der Waals surface area contributed by atoms with Crippen LogP contribution in [-0.4, -0.2) is 73.4 Å². The number of Topliss-reactive ketones (excluding diaryl/α,β-unsaturated/α-hetero) is 1. The third-order valence-electron chi connectivity index (χ3n) is 6.80. The van der Waals surface area contributed by atoms with Crippen molar-refractivity contribution < 1.29 is 19.1 Å². The maximum atomic E-state index is 14.1. The van der Waals surface area contributed by atoms with E-state index >= 15 is 0 Å². The van der Waals surface area contributed by atoms with Crippen LogP contribution >= 0.6 is 11.6 Å². The van der Waals surface area contributed by atoms with Crippen molar-refractivity contribution in [2.24, 2.45) is 11.7 Å². The molecule has 3 aliphatic rings. The summed E-state index contributed by atoms with van der Waals surface area (Å²) in [5, 5.41) is 10.9. The van der Waals surface area contributed by atoms with Crippen molar-refractivity contribution in [1.82, 2.24) is 25.1 Å². The molecule has 2 saturated heterocycles. The number of aromatic nitrogens is 4. The minimum absolute atomic E-state index is 0.0107. The van der Waals surface area contributed by atoms with Crippen molar-refractivity contribution in [3.05, 3.63) is 35.7 Å². The Morgan fingerprint density at radius 2 is 2.03 bits per heavy atom. The van der Waals surface area contributed by atoms with Gasteiger partial charge >= 0.3 is 0 Å². The molecule has 168 valence electrons. The molecule has 3 fully saturated rings. The highest BCUT2D eigenvalue weighted by molar-refractivity contribution is 6.22. The van der Waals surface area contributed by atoms with Gasteiger partial charge in [-0.15, -0.1) is 16.7 Å². The molecule has 2 aromatic rings. The Bertz CT molecular complexity index is 1050. The first-order valence-corrected chi connectivity index (χ1v) is 11.2. The van der Waals surface area contributed by atoms with Crippen LogP contribution in [0.4, 0.5) is 0 Å². The van der Waals surface area contributed by atoms with Crippen molar-refractivity contribution in [3.8, 4) is 5.69 Å². The molecule has 1 aliphatic carbocycles. The second-order valence-corrected chi connectivity index (χ2v) is 9.13. The van der Waals surface area contributed by atoms with E-state index in [9.17, 15) is 14.4 Å². The van der Waals surface area contributed by atoms with Gasteiger partial charge in [0.2, 0.25) is 11.8 Å². The van der Waals surface area contributed by atoms with E-state index in [1.54, 1.807) is 23.1 Å². The molecule has 11 heteroatoms. The van der Waals surface area contributed by atoms with Crippen LogP contribution in [0.15, 0.2) is 24.5 Å². The molecule has 10 nitrogen and oxygen atoms in total. The van der Waals surface area contributed by atoms with Gasteiger partial charge in [0.1, 0.15) is 25.1 Å². The number of hydrogen-bond donors (Lipinski definition) is 1. The fourth-order valence-corrected chi connectivity index (χ4v) is 5.78. The van der Waals surface area contributed by atoms with Crippen molar-refractivity contribution >= 4 is 29.2 Å². The number of nitrogens with two attached hydrogens (primary N) is 1. The highest BCUT2D eigenvalue weighted by Crippen LogP contribution is 2.43. The molecule has 32 heavy (non-hydrogen) atoms. The van der Waals surface area contributed by atoms with Gasteiger partial charge in [-0.3, -0.25) is 14.4 Å². The van der Waals surface area contributed by atoms with Crippen LogP contribution in [0.2, 0.25) is 0 Å². The second-order valence-electron chi connectivity index (χ2n) is 8.57. The largest absolute Gasteiger partial charge is 0.366 e. The molecule has 0 unspecified atom stereocenters. The van der Waals surface area contributed by atoms with E-state index in [0.717, 1.165) is 25.7 Å². The molecule has 1 saturated carbocycles. The van der Waals surface area contributed by atoms with Crippen molar-refractivity contribution in [3.63, 3.8) is 0 Å². The highest BCUT2D eigenvalue weighted by Gasteiger charge is 2.53. The average Bonchev–Trinajstić information content (AvgIpc) is 3.56. The zero-order valence-electron chi connectivity index (χ0n) is 17.3. The maximum absolute atomic E-state index is 14.1. The van der Waals surface area contributed by atoms with Gasteiger partial charge in [0.25, 0.3) is 0 Å². The number of hydrogen-bond acceptors (Lipinski definition) is 7. The van der Waals surface area contributed by atoms with Crippen LogP contribution < -0.4 is 5.73 Å². The third-order valence-corrected chi connectivity index (χ3v) is 7.18. The summed E-state index contributed by atoms with van der Waals surface area (Å²) < 4.78 is 6.99. The van der Waals surface area contributed by atoms with Gasteiger partial charge in [-0.2, -0.15) is 0 Å². The van der Waals surface area contributed by atoms with Gasteiger partial charge in [0.15, 0.2) is 5.78 Å². The first-order chi connectivity index (χ1) is 15.5. The van der Waals surface area contributed by atoms with E-state index in [1.807, 2.05) is 0 Å². The molecule has 2 amide bonds. The Hall–Kier alpha value is -2.85. The molecule has 0 bridgehead atoms. The van der Waals surface area contributed by atoms with Crippen molar-refractivity contribution in [1.29, 1.82) is 0 Å². The first kappa shape index (κ1) is 21.0. The topological polar surface area (TPSA) is 133 Å². The summed E-state index contributed by atoms with van der Waals surface area (Å²) in [5.41, 5.74) is 6.99. The minimum atomic E-state index is -0.703. The third kappa shape index (κ3) is 3.38. The monoisotopic (exact) mass is 458 g/mol. The minimum Gasteiger partial charge on any atom is -0.366 e. The van der Waals surface area contributed by atoms with Crippen LogP contribution in [0.5, 0.6) is 0 Å². The molecule has 1 aromatic carbocycles. The average molecular weight is 459 g/mol. The Morgan fingerprint density at radius 3 is 2.72 bits per heavy atom. The molecular weight excluding hydrogens is 436 g/mol. The van der Waals surface area contributed by atoms with Crippen LogP contribution in [0.25, 0.3) is 5.69 Å². The summed E-state index contributed by atoms with van der Waals surface area (Å²) in [6.45, 7) is 0.161. The molecule has 0 spiro atoms. The standard InChI is InChI=1S/C21H23ClN6O4/c22-13-8-27(18-15(29)9-32-19(13)18)21(31)16(11-4-1-2-5-11)17-12(20(23)30)6-3-7-14(17)28-10-24-25-26-28/h3,6-7,10-11,13,16,18-19H,1-2,4-5,8-9H2,(H2,23,30)/t13-,16-,18+,19+/m0/s1. The maximum Gasteiger partial charge on any atom is 0.249 e. The Labute approximate surface area is 189 Å². The zero-order valence-corrected chi connectivity index (χ0v) is 18.0. The molecule has 3 heterocycles. The van der Waals surface area contributed by atoms with Crippen LogP contribution in [0.1, 0.15) is 47.5 Å². The highest BCUT2D eigenvalue weighted by atomic mass is 35.5. The smallest absolute Gasteiger partial charge is 0.249 e. The number of tetrazole rings is 1. The number of alkyl halides is 1. The number of benzene rings is 1. The quantitative estimate of drug-likeness (QED) is 0.655. The van der Waals surface area contributed by atoms with Gasteiger partial charge in [-0.1, -0.05) is 18.9 Å². The Kier molecular flexibility index (Phi) is 5.42. The number of ether oxygens (including phenoxy) is 1. The normalized spacial score (nSPS) is 26.5. The first-order valence-electron chi connectivity index (χ1n) is 10.7. The molecule has 2 N–H and O–H groups in total. The molecule has 1 aromatic heterocycles. The van der Waals surface area contributed by atoms with E-state index < -0.39 is 29.3 Å². The van der Waals surface area contributed by atoms with Crippen LogP contribution in [-0.2, 0) is 14.3 Å². The summed E-state index contributed by atoms with van der Waals surface area (Å²) in [6.07, 6.45) is 4.53. The van der Waals surface area contributed by atoms with E-state index in [4.69, 9.17) is 22.1 Å². The number of fused-ring (bicyclic) bond motifs is 1. The summed E-state index contributed by atoms with van der Waals surface area (Å²) in [4.78, 5) is 40.6. The molecule has 5 rings (SSSR count). The van der Waals surface area contributed by atoms with E-state index in [-0.39, 0.29) is 36.3 Å². The van der Waals surface area contributed by atoms with Crippen molar-refractivity contribution in [2.45, 2.75) is 49.1 Å². The lowest BCUT2D eigenvalue weighted by atomic mass is 9.80. The number of rotatable bonds is 5. The Balaban J connectivity index is 1.65. The fourth-order valence-electron chi connectivity index (χ4n) is 5.42. The number of halogens is 1. The number of likely N-dealkylation sites (tertiary alicyclic amines) is 1. The van der Waals surface area contributed by atoms with Gasteiger partial charge in [0, 0.05) is 17.7 Å². The lowest BCUT2D eigenvalue weighted by Gasteiger charge is -2.32.